The van der Waals surface area contributed by atoms with E-state index in [-0.39, 0.29) is 11.4 Å². The number of benzene rings is 2. The topological polar surface area (TPSA) is 56.0 Å². The van der Waals surface area contributed by atoms with E-state index in [1.54, 1.807) is 0 Å². The van der Waals surface area contributed by atoms with Gasteiger partial charge < -0.3 is 13.7 Å². The molecule has 0 radical (unpaired) electrons. The van der Waals surface area contributed by atoms with E-state index in [4.69, 9.17) is 21.4 Å². The molecule has 126 valence electrons. The fraction of sp³-hybridized carbons (Fsp3) is 0.263. The van der Waals surface area contributed by atoms with Crippen molar-refractivity contribution >= 4 is 34.0 Å². The number of nitrogens with zero attached hydrogens (tertiary/aromatic N) is 2. The quantitative estimate of drug-likeness (QED) is 0.523. The van der Waals surface area contributed by atoms with Crippen molar-refractivity contribution in [3.05, 3.63) is 53.2 Å². The van der Waals surface area contributed by atoms with Crippen LogP contribution in [0.1, 0.15) is 18.7 Å². The molecule has 4 aromatic rings. The molecule has 0 amide bonds. The number of nitrogens with one attached hydrogen (secondary N) is 1. The van der Waals surface area contributed by atoms with Gasteiger partial charge in [0.15, 0.2) is 6.61 Å². The van der Waals surface area contributed by atoms with Gasteiger partial charge in [-0.3, -0.25) is 0 Å². The minimum Gasteiger partial charge on any atom is -0.483 e. The highest BCUT2D eigenvalue weighted by Gasteiger charge is 2.24. The minimum atomic E-state index is 0.244. The van der Waals surface area contributed by atoms with Crippen LogP contribution in [0.5, 0.6) is 5.75 Å². The Kier molecular flexibility index (Phi) is 3.38. The van der Waals surface area contributed by atoms with Gasteiger partial charge in [0.1, 0.15) is 5.75 Å². The highest BCUT2D eigenvalue weighted by molar-refractivity contribution is 7.71. The summed E-state index contributed by atoms with van der Waals surface area (Å²) in [5.41, 5.74) is 2.48. The van der Waals surface area contributed by atoms with Crippen molar-refractivity contribution in [1.29, 1.82) is 0 Å². The molecule has 1 aliphatic rings. The van der Waals surface area contributed by atoms with Gasteiger partial charge in [0.2, 0.25) is 0 Å². The Morgan fingerprint density at radius 1 is 1.16 bits per heavy atom. The second kappa shape index (κ2) is 5.74. The summed E-state index contributed by atoms with van der Waals surface area (Å²) in [4.78, 5) is 0.262. The zero-order chi connectivity index (χ0) is 16.8. The van der Waals surface area contributed by atoms with Gasteiger partial charge in [0.05, 0.1) is 5.52 Å². The van der Waals surface area contributed by atoms with Crippen LogP contribution < -0.4 is 4.74 Å². The van der Waals surface area contributed by atoms with E-state index >= 15 is 0 Å². The molecule has 0 bridgehead atoms. The van der Waals surface area contributed by atoms with Gasteiger partial charge in [-0.25, -0.2) is 5.10 Å². The van der Waals surface area contributed by atoms with Gasteiger partial charge in [-0.1, -0.05) is 24.3 Å². The predicted octanol–water partition coefficient (Wildman–Crippen LogP) is 4.83. The van der Waals surface area contributed by atoms with Crippen LogP contribution in [-0.2, 0) is 13.2 Å². The molecule has 25 heavy (non-hydrogen) atoms. The Labute approximate surface area is 149 Å². The first-order valence-electron chi connectivity index (χ1n) is 8.47. The molecule has 0 spiro atoms. The van der Waals surface area contributed by atoms with Crippen LogP contribution in [0.4, 0.5) is 0 Å². The smallest absolute Gasteiger partial charge is 0.284 e. The molecule has 0 saturated heterocycles. The molecular formula is C19H17N3O2S. The molecule has 2 aromatic heterocycles. The zero-order valence-corrected chi connectivity index (χ0v) is 14.4. The van der Waals surface area contributed by atoms with Crippen molar-refractivity contribution in [1.82, 2.24) is 14.8 Å². The van der Waals surface area contributed by atoms with Gasteiger partial charge in [0, 0.05) is 22.8 Å². The molecule has 1 N–H and O–H groups in total. The van der Waals surface area contributed by atoms with Gasteiger partial charge in [0.25, 0.3) is 10.7 Å². The third kappa shape index (κ3) is 2.62. The zero-order valence-electron chi connectivity index (χ0n) is 13.6. The average molecular weight is 351 g/mol. The number of ether oxygens (including phenoxy) is 1. The summed E-state index contributed by atoms with van der Waals surface area (Å²) in [6.07, 6.45) is 2.66. The van der Waals surface area contributed by atoms with Crippen LogP contribution in [0.3, 0.4) is 0 Å². The first-order valence-corrected chi connectivity index (χ1v) is 8.87. The number of aromatic amines is 1. The number of fused-ring (bicyclic) bond motifs is 3. The van der Waals surface area contributed by atoms with E-state index in [2.05, 4.69) is 45.1 Å². The summed E-state index contributed by atoms with van der Waals surface area (Å²) in [5, 5.41) is 8.98. The van der Waals surface area contributed by atoms with Gasteiger partial charge in [-0.15, -0.1) is 5.10 Å². The molecule has 5 rings (SSSR count). The maximum absolute atomic E-state index is 6.02. The maximum Gasteiger partial charge on any atom is 0.284 e. The maximum atomic E-state index is 6.02. The Morgan fingerprint density at radius 3 is 2.80 bits per heavy atom. The largest absolute Gasteiger partial charge is 0.483 e. The Morgan fingerprint density at radius 2 is 2.00 bits per heavy atom. The molecule has 1 fully saturated rings. The number of rotatable bonds is 5. The summed E-state index contributed by atoms with van der Waals surface area (Å²) in [6.45, 7) is 1.32. The second-order valence-electron chi connectivity index (χ2n) is 6.52. The number of aromatic nitrogens is 3. The highest BCUT2D eigenvalue weighted by Crippen LogP contribution is 2.39. The van der Waals surface area contributed by atoms with Crippen LogP contribution in [-0.4, -0.2) is 14.8 Å². The molecule has 2 heterocycles. The molecule has 1 saturated carbocycles. The van der Waals surface area contributed by atoms with Crippen molar-refractivity contribution in [2.24, 2.45) is 5.92 Å². The Balaban J connectivity index is 1.62. The van der Waals surface area contributed by atoms with Crippen molar-refractivity contribution in [2.45, 2.75) is 26.0 Å². The molecule has 0 aliphatic heterocycles. The van der Waals surface area contributed by atoms with Gasteiger partial charge in [-0.05, 0) is 49.2 Å². The summed E-state index contributed by atoms with van der Waals surface area (Å²) in [7, 11) is 0. The fourth-order valence-electron chi connectivity index (χ4n) is 3.40. The first-order chi connectivity index (χ1) is 12.3. The van der Waals surface area contributed by atoms with Crippen LogP contribution >= 0.6 is 12.2 Å². The van der Waals surface area contributed by atoms with Crippen molar-refractivity contribution < 1.29 is 9.15 Å². The standard InChI is InChI=1S/C19H17N3O2S/c25-19-21-20-17(24-19)11-23-16-7-3-6-15-18(16)13-4-1-2-5-14(13)22(15)10-12-8-9-12/h1-7,12H,8-11H2,(H,21,25). The molecule has 6 heteroatoms. The third-order valence-electron chi connectivity index (χ3n) is 4.73. The van der Waals surface area contributed by atoms with Gasteiger partial charge in [-0.2, -0.15) is 0 Å². The lowest BCUT2D eigenvalue weighted by atomic mass is 10.1. The predicted molar refractivity (Wildman–Crippen MR) is 98.2 cm³/mol. The average Bonchev–Trinajstić information content (AvgIpc) is 3.28. The number of hydrogen-bond donors (Lipinski definition) is 1. The first kappa shape index (κ1) is 14.7. The number of para-hydroxylation sites is 1. The molecule has 1 aliphatic carbocycles. The summed E-state index contributed by atoms with van der Waals surface area (Å²) in [6, 6.07) is 14.7. The normalized spacial score (nSPS) is 14.4. The minimum absolute atomic E-state index is 0.244. The fourth-order valence-corrected chi connectivity index (χ4v) is 3.54. The monoisotopic (exact) mass is 351 g/mol. The highest BCUT2D eigenvalue weighted by atomic mass is 32.1. The Bertz CT molecular complexity index is 1120. The number of hydrogen-bond acceptors (Lipinski definition) is 4. The van der Waals surface area contributed by atoms with Crippen LogP contribution in [0.25, 0.3) is 21.8 Å². The van der Waals surface area contributed by atoms with Gasteiger partial charge >= 0.3 is 0 Å². The van der Waals surface area contributed by atoms with E-state index in [9.17, 15) is 0 Å². The molecule has 0 unspecified atom stereocenters. The lowest BCUT2D eigenvalue weighted by Gasteiger charge is -2.08. The summed E-state index contributed by atoms with van der Waals surface area (Å²) >= 11 is 4.91. The number of H-pyrrole nitrogens is 1. The lowest BCUT2D eigenvalue weighted by molar-refractivity contribution is 0.264. The molecular weight excluding hydrogens is 334 g/mol. The SMILES string of the molecule is S=c1[nH]nc(COc2cccc3c2c2ccccc2n3CC2CC2)o1. The van der Waals surface area contributed by atoms with E-state index in [1.807, 2.05) is 12.1 Å². The summed E-state index contributed by atoms with van der Waals surface area (Å²) in [5.74, 6) is 2.09. The molecule has 2 aromatic carbocycles. The van der Waals surface area contributed by atoms with Crippen LogP contribution in [0, 0.1) is 10.8 Å². The summed E-state index contributed by atoms with van der Waals surface area (Å²) < 4.78 is 13.7. The second-order valence-corrected chi connectivity index (χ2v) is 6.89. The Hall–Kier alpha value is -2.60. The van der Waals surface area contributed by atoms with Crippen LogP contribution in [0.15, 0.2) is 46.9 Å². The van der Waals surface area contributed by atoms with E-state index < -0.39 is 0 Å². The van der Waals surface area contributed by atoms with Crippen LogP contribution in [0.2, 0.25) is 0 Å². The van der Waals surface area contributed by atoms with E-state index in [0.717, 1.165) is 23.6 Å². The molecule has 0 atom stereocenters. The molecule has 5 nitrogen and oxygen atoms in total. The van der Waals surface area contributed by atoms with Crippen molar-refractivity contribution in [3.63, 3.8) is 0 Å². The van der Waals surface area contributed by atoms with Crippen molar-refractivity contribution in [3.8, 4) is 5.75 Å². The van der Waals surface area contributed by atoms with E-state index in [0.29, 0.717) is 5.89 Å². The van der Waals surface area contributed by atoms with E-state index in [1.165, 1.54) is 29.3 Å². The lowest BCUT2D eigenvalue weighted by Crippen LogP contribution is -1.99. The van der Waals surface area contributed by atoms with Crippen molar-refractivity contribution in [2.75, 3.05) is 0 Å². The third-order valence-corrected chi connectivity index (χ3v) is 4.91.